The van der Waals surface area contributed by atoms with Crippen LogP contribution in [0.5, 0.6) is 0 Å². The fraction of sp³-hybridized carbons (Fsp3) is 0.909. The van der Waals surface area contributed by atoms with Gasteiger partial charge in [0.25, 0.3) is 0 Å². The molecule has 0 aromatic heterocycles. The lowest BCUT2D eigenvalue weighted by molar-refractivity contribution is 0.167. The third kappa shape index (κ3) is 12.0. The highest BCUT2D eigenvalue weighted by molar-refractivity contribution is 8.28. The van der Waals surface area contributed by atoms with Crippen LogP contribution >= 0.6 is 28.2 Å². The lowest BCUT2D eigenvalue weighted by Gasteiger charge is -2.26. The maximum absolute atomic E-state index is 11.9. The summed E-state index contributed by atoms with van der Waals surface area (Å²) < 4.78 is 32.9. The molecule has 0 saturated heterocycles. The molecule has 0 aromatic rings. The van der Waals surface area contributed by atoms with E-state index in [0.29, 0.717) is 0 Å². The van der Waals surface area contributed by atoms with Gasteiger partial charge in [-0.1, -0.05) is 0 Å². The van der Waals surface area contributed by atoms with Crippen LogP contribution in [0.1, 0.15) is 0 Å². The van der Waals surface area contributed by atoms with Gasteiger partial charge in [0.1, 0.15) is 0 Å². The first kappa shape index (κ1) is 20.3. The predicted molar refractivity (Wildman–Crippen MR) is 87.8 cm³/mol. The minimum Gasteiger partial charge on any atom is -0.335 e. The molecule has 0 spiro atoms. The van der Waals surface area contributed by atoms with Crippen LogP contribution in [0, 0.1) is 11.1 Å². The van der Waals surface area contributed by atoms with Crippen molar-refractivity contribution in [3.63, 3.8) is 0 Å². The molecule has 0 saturated carbocycles. The summed E-state index contributed by atoms with van der Waals surface area (Å²) in [5.74, 6) is 1.59. The largest absolute Gasteiger partial charge is 0.431 e. The molecule has 0 aliphatic carbocycles. The molecule has 0 radical (unpaired) electrons. The molecule has 0 N–H and O–H groups in total. The van der Waals surface area contributed by atoms with Crippen molar-refractivity contribution in [1.29, 1.82) is 5.26 Å². The Bertz CT molecular complexity index is 346. The molecule has 0 amide bonds. The molecule has 122 valence electrons. The van der Waals surface area contributed by atoms with Gasteiger partial charge in [0, 0.05) is 0 Å². The van der Waals surface area contributed by atoms with Gasteiger partial charge in [0.15, 0.2) is 5.81 Å². The SMILES string of the molecule is CS(C)(C)OCCOP(=O)(C#N)OCCOS(C)(C)C. The Balaban J connectivity index is 3.98. The van der Waals surface area contributed by atoms with E-state index in [-0.39, 0.29) is 26.4 Å². The van der Waals surface area contributed by atoms with Crippen molar-refractivity contribution in [3.05, 3.63) is 0 Å². The van der Waals surface area contributed by atoms with Crippen molar-refractivity contribution in [3.8, 4) is 5.81 Å². The number of hydrogen-bond acceptors (Lipinski definition) is 6. The normalized spacial score (nSPS) is 14.8. The fourth-order valence-corrected chi connectivity index (χ4v) is 2.93. The van der Waals surface area contributed by atoms with Crippen molar-refractivity contribution in [2.45, 2.75) is 0 Å². The van der Waals surface area contributed by atoms with Crippen LogP contribution in [0.15, 0.2) is 0 Å². The number of rotatable bonds is 10. The molecule has 0 heterocycles. The van der Waals surface area contributed by atoms with Gasteiger partial charge in [-0.3, -0.25) is 9.05 Å². The minimum absolute atomic E-state index is 0.0699. The summed E-state index contributed by atoms with van der Waals surface area (Å²) in [5, 5.41) is 8.87. The van der Waals surface area contributed by atoms with Gasteiger partial charge in [0.05, 0.1) is 26.4 Å². The third-order valence-electron chi connectivity index (χ3n) is 1.69. The molecule has 0 aliphatic heterocycles. The lowest BCUT2D eigenvalue weighted by atomic mass is 10.8. The molecule has 9 heteroatoms. The second-order valence-corrected chi connectivity index (χ2v) is 14.4. The second kappa shape index (κ2) is 8.64. The average Bonchev–Trinajstić information content (AvgIpc) is 2.28. The molecule has 0 atom stereocenters. The summed E-state index contributed by atoms with van der Waals surface area (Å²) in [4.78, 5) is 0. The van der Waals surface area contributed by atoms with Crippen LogP contribution in [0.4, 0.5) is 0 Å². The zero-order valence-electron chi connectivity index (χ0n) is 13.1. The van der Waals surface area contributed by atoms with E-state index in [1.165, 1.54) is 0 Å². The zero-order chi connectivity index (χ0) is 15.9. The number of nitrogens with zero attached hydrogens (tertiary/aromatic N) is 1. The molecule has 0 aliphatic rings. The Morgan fingerprint density at radius 3 is 1.45 bits per heavy atom. The summed E-state index contributed by atoms with van der Waals surface area (Å²) in [6, 6.07) is 0. The Morgan fingerprint density at radius 2 is 1.20 bits per heavy atom. The van der Waals surface area contributed by atoms with Crippen molar-refractivity contribution >= 4 is 28.2 Å². The number of hydrogen-bond donors (Lipinski definition) is 0. The van der Waals surface area contributed by atoms with Crippen molar-refractivity contribution in [1.82, 2.24) is 0 Å². The van der Waals surface area contributed by atoms with E-state index in [4.69, 9.17) is 22.7 Å². The van der Waals surface area contributed by atoms with Gasteiger partial charge >= 0.3 is 7.60 Å². The standard InChI is InChI=1S/C11H26NO5PS2/c1-19(2,3)16-9-7-14-18(13,11-12)15-8-10-17-20(4,5)6/h7-10H2,1-6H3. The Hall–Kier alpha value is 0.260. The molecule has 0 unspecified atom stereocenters. The Labute approximate surface area is 125 Å². The molecule has 0 aromatic carbocycles. The molecule has 0 fully saturated rings. The summed E-state index contributed by atoms with van der Waals surface area (Å²) in [6.45, 7) is 0.716. The highest BCUT2D eigenvalue weighted by Crippen LogP contribution is 2.47. The zero-order valence-corrected chi connectivity index (χ0v) is 15.6. The van der Waals surface area contributed by atoms with Gasteiger partial charge in [0.2, 0.25) is 0 Å². The smallest absolute Gasteiger partial charge is 0.335 e. The van der Waals surface area contributed by atoms with E-state index in [2.05, 4.69) is 0 Å². The first-order valence-corrected chi connectivity index (χ1v) is 13.0. The van der Waals surface area contributed by atoms with Crippen molar-refractivity contribution in [2.24, 2.45) is 0 Å². The molecule has 20 heavy (non-hydrogen) atoms. The quantitative estimate of drug-likeness (QED) is 0.447. The van der Waals surface area contributed by atoms with Gasteiger partial charge in [-0.05, 0) is 37.5 Å². The molecule has 6 nitrogen and oxygen atoms in total. The van der Waals surface area contributed by atoms with E-state index in [1.807, 2.05) is 37.5 Å². The Kier molecular flexibility index (Phi) is 8.75. The van der Waals surface area contributed by atoms with E-state index < -0.39 is 28.2 Å². The van der Waals surface area contributed by atoms with Crippen LogP contribution in [0.2, 0.25) is 0 Å². The summed E-state index contributed by atoms with van der Waals surface area (Å²) in [7, 11) is -5.89. The maximum atomic E-state index is 11.9. The van der Waals surface area contributed by atoms with E-state index >= 15 is 0 Å². The minimum atomic E-state index is -3.70. The first-order chi connectivity index (χ1) is 8.97. The van der Waals surface area contributed by atoms with Crippen molar-refractivity contribution in [2.75, 3.05) is 64.0 Å². The highest BCUT2D eigenvalue weighted by atomic mass is 32.3. The fourth-order valence-electron chi connectivity index (χ4n) is 0.978. The highest BCUT2D eigenvalue weighted by Gasteiger charge is 2.24. The molecule has 0 bridgehead atoms. The van der Waals surface area contributed by atoms with Crippen LogP contribution in [-0.4, -0.2) is 64.0 Å². The lowest BCUT2D eigenvalue weighted by Crippen LogP contribution is -2.09. The maximum Gasteiger partial charge on any atom is 0.431 e. The topological polar surface area (TPSA) is 77.8 Å². The number of nitriles is 1. The third-order valence-corrected chi connectivity index (χ3v) is 4.72. The summed E-state index contributed by atoms with van der Waals surface area (Å²) >= 11 is 0. The van der Waals surface area contributed by atoms with Crippen LogP contribution in [0.3, 0.4) is 0 Å². The predicted octanol–water partition coefficient (Wildman–Crippen LogP) is 2.94. The van der Waals surface area contributed by atoms with Gasteiger partial charge in [-0.15, -0.1) is 20.6 Å². The monoisotopic (exact) mass is 347 g/mol. The van der Waals surface area contributed by atoms with Crippen LogP contribution in [0.25, 0.3) is 0 Å². The van der Waals surface area contributed by atoms with E-state index in [1.54, 1.807) is 5.81 Å². The Morgan fingerprint density at radius 1 is 0.850 bits per heavy atom. The summed E-state index contributed by atoms with van der Waals surface area (Å²) in [6.07, 6.45) is 11.9. The molecular weight excluding hydrogens is 321 g/mol. The first-order valence-electron chi connectivity index (χ1n) is 5.93. The van der Waals surface area contributed by atoms with Gasteiger partial charge in [-0.25, -0.2) is 4.57 Å². The van der Waals surface area contributed by atoms with Crippen LogP contribution in [-0.2, 0) is 22.0 Å². The van der Waals surface area contributed by atoms with Gasteiger partial charge in [-0.2, -0.15) is 5.26 Å². The second-order valence-electron chi connectivity index (χ2n) is 5.36. The van der Waals surface area contributed by atoms with Gasteiger partial charge < -0.3 is 8.37 Å². The average molecular weight is 347 g/mol. The molecular formula is C11H26NO5PS2. The van der Waals surface area contributed by atoms with Crippen molar-refractivity contribution < 1.29 is 22.0 Å². The summed E-state index contributed by atoms with van der Waals surface area (Å²) in [5.41, 5.74) is 0. The van der Waals surface area contributed by atoms with E-state index in [0.717, 1.165) is 0 Å². The van der Waals surface area contributed by atoms with E-state index in [9.17, 15) is 4.57 Å². The van der Waals surface area contributed by atoms with Crippen LogP contribution < -0.4 is 0 Å². The molecule has 0 rings (SSSR count).